The monoisotopic (exact) mass is 250 g/mol. The van der Waals surface area contributed by atoms with Gasteiger partial charge in [0, 0.05) is 20.8 Å². The largest absolute Gasteiger partial charge is 0.759 e. The van der Waals surface area contributed by atoms with E-state index in [-0.39, 0.29) is 0 Å². The quantitative estimate of drug-likeness (QED) is 0.428. The molecule has 0 rings (SSSR count). The topological polar surface area (TPSA) is 161 Å². The molecule has 0 unspecified atom stereocenters. The second-order valence-corrected chi connectivity index (χ2v) is 3.45. The number of hydrogen-bond acceptors (Lipinski definition) is 8. The molecule has 0 N–H and O–H groups in total. The van der Waals surface area contributed by atoms with E-state index in [2.05, 4.69) is 13.8 Å². The molecule has 0 amide bonds. The normalized spacial score (nSPS) is 10.4. The van der Waals surface area contributed by atoms with Crippen molar-refractivity contribution in [2.75, 3.05) is 0 Å². The van der Waals surface area contributed by atoms with Crippen LogP contribution in [-0.4, -0.2) is 35.0 Å². The van der Waals surface area contributed by atoms with Crippen molar-refractivity contribution in [2.45, 2.75) is 26.7 Å². The molecule has 0 fully saturated rings. The molecule has 0 bridgehead atoms. The predicted octanol–water partition coefficient (Wildman–Crippen LogP) is -0.870. The van der Waals surface area contributed by atoms with Crippen LogP contribution in [0.4, 0.5) is 0 Å². The van der Waals surface area contributed by atoms with Gasteiger partial charge in [0.05, 0.1) is 0 Å². The smallest absolute Gasteiger partial charge is 0.0311 e. The fraction of sp³-hybridized carbons (Fsp3) is 1.00. The summed E-state index contributed by atoms with van der Waals surface area (Å²) in [7, 11) is -10.3. The van der Waals surface area contributed by atoms with Crippen molar-refractivity contribution >= 4 is 20.8 Å². The molecule has 0 aromatic heterocycles. The summed E-state index contributed by atoms with van der Waals surface area (Å²) in [6, 6.07) is 0. The van der Waals surface area contributed by atoms with Gasteiger partial charge in [-0.05, 0) is 0 Å². The molecule has 0 spiro atoms. The van der Waals surface area contributed by atoms with Crippen molar-refractivity contribution in [1.29, 1.82) is 0 Å². The molecular formula is C4H10O8S2-4. The van der Waals surface area contributed by atoms with Gasteiger partial charge in [-0.15, -0.1) is 0 Å². The van der Waals surface area contributed by atoms with Crippen LogP contribution in [0.25, 0.3) is 0 Å². The lowest BCUT2D eigenvalue weighted by atomic mass is 10.4. The van der Waals surface area contributed by atoms with E-state index in [9.17, 15) is 0 Å². The van der Waals surface area contributed by atoms with E-state index in [1.54, 1.807) is 0 Å². The molecular weight excluding hydrogens is 240 g/mol. The summed E-state index contributed by atoms with van der Waals surface area (Å²) in [6.45, 7) is 4.36. The van der Waals surface area contributed by atoms with Crippen molar-refractivity contribution in [3.63, 3.8) is 0 Å². The molecule has 14 heavy (non-hydrogen) atoms. The first kappa shape index (κ1) is 19.3. The minimum absolute atomic E-state index is 1.32. The molecule has 90 valence electrons. The SMILES string of the molecule is CCCC.O=S(=O)([O-])[O-].O=S(=O)([O-])[O-]. The molecule has 0 aliphatic heterocycles. The molecule has 10 heteroatoms. The Morgan fingerprint density at radius 1 is 0.714 bits per heavy atom. The van der Waals surface area contributed by atoms with Crippen LogP contribution < -0.4 is 0 Å². The van der Waals surface area contributed by atoms with E-state index in [0.29, 0.717) is 0 Å². The lowest BCUT2D eigenvalue weighted by Crippen LogP contribution is -1.91. The summed E-state index contributed by atoms with van der Waals surface area (Å²) >= 11 is 0. The Bertz CT molecular complexity index is 239. The van der Waals surface area contributed by atoms with Crippen molar-refractivity contribution in [2.24, 2.45) is 0 Å². The van der Waals surface area contributed by atoms with E-state index in [1.165, 1.54) is 12.8 Å². The average Bonchev–Trinajstić information content (AvgIpc) is 1.79. The summed E-state index contributed by atoms with van der Waals surface area (Å²) in [6.07, 6.45) is 2.64. The second kappa shape index (κ2) is 9.30. The van der Waals surface area contributed by atoms with Crippen molar-refractivity contribution in [1.82, 2.24) is 0 Å². The third kappa shape index (κ3) is 2470. The number of unbranched alkanes of at least 4 members (excludes halogenated alkanes) is 1. The van der Waals surface area contributed by atoms with Gasteiger partial charge in [-0.2, -0.15) is 0 Å². The van der Waals surface area contributed by atoms with Crippen LogP contribution in [0.1, 0.15) is 26.7 Å². The van der Waals surface area contributed by atoms with E-state index in [4.69, 9.17) is 35.0 Å². The molecule has 0 aromatic rings. The van der Waals surface area contributed by atoms with Gasteiger partial charge >= 0.3 is 0 Å². The molecule has 0 aliphatic rings. The van der Waals surface area contributed by atoms with E-state index in [1.807, 2.05) is 0 Å². The number of hydrogen-bond donors (Lipinski definition) is 0. The molecule has 0 radical (unpaired) electrons. The maximum Gasteiger partial charge on any atom is 0.0311 e. The van der Waals surface area contributed by atoms with Crippen molar-refractivity contribution < 1.29 is 35.0 Å². The van der Waals surface area contributed by atoms with Gasteiger partial charge in [0.2, 0.25) is 0 Å². The van der Waals surface area contributed by atoms with Crippen LogP contribution in [0.15, 0.2) is 0 Å². The zero-order valence-electron chi connectivity index (χ0n) is 7.50. The van der Waals surface area contributed by atoms with Crippen LogP contribution in [0, 0.1) is 0 Å². The van der Waals surface area contributed by atoms with Crippen LogP contribution >= 0.6 is 0 Å². The summed E-state index contributed by atoms with van der Waals surface area (Å²) in [5, 5.41) is 0. The molecule has 0 heterocycles. The Balaban J connectivity index is -0.000000131. The van der Waals surface area contributed by atoms with E-state index in [0.717, 1.165) is 0 Å². The minimum atomic E-state index is -5.17. The maximum atomic E-state index is 8.52. The Hall–Kier alpha value is -0.260. The lowest BCUT2D eigenvalue weighted by molar-refractivity contribution is 0.350. The van der Waals surface area contributed by atoms with Gasteiger partial charge in [-0.3, -0.25) is 16.8 Å². The first-order valence-corrected chi connectivity index (χ1v) is 5.91. The van der Waals surface area contributed by atoms with Gasteiger partial charge in [-0.1, -0.05) is 26.7 Å². The van der Waals surface area contributed by atoms with Crippen LogP contribution in [0.2, 0.25) is 0 Å². The van der Waals surface area contributed by atoms with Crippen molar-refractivity contribution in [3.05, 3.63) is 0 Å². The molecule has 0 saturated carbocycles. The Labute approximate surface area is 83.1 Å². The second-order valence-electron chi connectivity index (χ2n) is 1.82. The number of rotatable bonds is 1. The summed E-state index contributed by atoms with van der Waals surface area (Å²) in [4.78, 5) is 0. The first-order chi connectivity index (χ1) is 5.91. The van der Waals surface area contributed by atoms with Gasteiger partial charge in [0.15, 0.2) is 0 Å². The molecule has 0 atom stereocenters. The Morgan fingerprint density at radius 3 is 0.786 bits per heavy atom. The van der Waals surface area contributed by atoms with Gasteiger partial charge in [0.1, 0.15) is 0 Å². The Kier molecular flexibility index (Phi) is 12.8. The van der Waals surface area contributed by atoms with E-state index >= 15 is 0 Å². The third-order valence-electron chi connectivity index (χ3n) is 0.500. The predicted molar refractivity (Wildman–Crippen MR) is 41.5 cm³/mol. The highest BCUT2D eigenvalue weighted by Gasteiger charge is 1.56. The summed E-state index contributed by atoms with van der Waals surface area (Å²) in [5.74, 6) is 0. The van der Waals surface area contributed by atoms with Crippen LogP contribution in [0.3, 0.4) is 0 Å². The summed E-state index contributed by atoms with van der Waals surface area (Å²) < 4.78 is 68.2. The fourth-order valence-corrected chi connectivity index (χ4v) is 0. The molecule has 0 aromatic carbocycles. The Morgan fingerprint density at radius 2 is 0.786 bits per heavy atom. The zero-order chi connectivity index (χ0) is 12.4. The molecule has 0 aliphatic carbocycles. The highest BCUT2D eigenvalue weighted by Crippen LogP contribution is 1.76. The van der Waals surface area contributed by atoms with Gasteiger partial charge in [-0.25, -0.2) is 0 Å². The first-order valence-electron chi connectivity index (χ1n) is 3.25. The lowest BCUT2D eigenvalue weighted by Gasteiger charge is -2.06. The van der Waals surface area contributed by atoms with Gasteiger partial charge < -0.3 is 18.2 Å². The minimum Gasteiger partial charge on any atom is -0.759 e. The average molecular weight is 250 g/mol. The third-order valence-corrected chi connectivity index (χ3v) is 0.500. The molecule has 8 nitrogen and oxygen atoms in total. The molecule has 0 saturated heterocycles. The highest BCUT2D eigenvalue weighted by atomic mass is 32.3. The highest BCUT2D eigenvalue weighted by molar-refractivity contribution is 7.79. The summed E-state index contributed by atoms with van der Waals surface area (Å²) in [5.41, 5.74) is 0. The fourth-order valence-electron chi connectivity index (χ4n) is 0. The standard InChI is InChI=1S/C4H10.2H2O4S/c1-3-4-2;2*1-5(2,3)4/h3-4H2,1-2H3;2*(H2,1,2,3,4)/p-4. The van der Waals surface area contributed by atoms with Crippen LogP contribution in [-0.2, 0) is 20.8 Å². The maximum absolute atomic E-state index is 8.52. The van der Waals surface area contributed by atoms with Crippen molar-refractivity contribution in [3.8, 4) is 0 Å². The van der Waals surface area contributed by atoms with Gasteiger partial charge in [0.25, 0.3) is 0 Å². The zero-order valence-corrected chi connectivity index (χ0v) is 9.13. The van der Waals surface area contributed by atoms with Crippen LogP contribution in [0.5, 0.6) is 0 Å². The van der Waals surface area contributed by atoms with E-state index < -0.39 is 20.8 Å².